The van der Waals surface area contributed by atoms with Crippen LogP contribution in [-0.4, -0.2) is 120 Å². The lowest BCUT2D eigenvalue weighted by Gasteiger charge is -2.24. The van der Waals surface area contributed by atoms with E-state index in [1.165, 1.54) is 0 Å². The van der Waals surface area contributed by atoms with Crippen LogP contribution < -0.4 is 0 Å². The minimum Gasteiger partial charge on any atom is -0.454 e. The van der Waals surface area contributed by atoms with E-state index in [0.717, 1.165) is 0 Å². The van der Waals surface area contributed by atoms with Crippen molar-refractivity contribution < 1.29 is 56.9 Å². The lowest BCUT2D eigenvalue weighted by Crippen LogP contribution is -2.36. The SMILES string of the molecule is C=C(C)C(=O)OC(COCC1COC(C)(C)O1)COC(COCC1COC(C)(C)O1)COCC1COC(C)(C)O1. The van der Waals surface area contributed by atoms with Crippen molar-refractivity contribution in [3.8, 4) is 0 Å². The highest BCUT2D eigenvalue weighted by atomic mass is 16.8. The highest BCUT2D eigenvalue weighted by Gasteiger charge is 2.35. The van der Waals surface area contributed by atoms with E-state index < -0.39 is 35.5 Å². The number of rotatable bonds is 17. The Kier molecular flexibility index (Phi) is 12.3. The standard InChI is InChI=1S/C28H48O12/c1-19(2)25(29)37-21(11-32-14-24-18-36-28(7,8)40-24)15-33-20(9-30-12-22-16-34-26(3,4)38-22)10-31-13-23-17-35-27(5,6)39-23/h20-24H,1,9-18H2,2-8H3. The number of carbonyl (C=O) groups excluding carboxylic acids is 1. The molecule has 0 saturated carbocycles. The maximum atomic E-state index is 12.3. The molecule has 0 aliphatic carbocycles. The van der Waals surface area contributed by atoms with Crippen LogP contribution in [-0.2, 0) is 56.9 Å². The van der Waals surface area contributed by atoms with Gasteiger partial charge in [-0.3, -0.25) is 0 Å². The minimum atomic E-state index is -0.679. The van der Waals surface area contributed by atoms with Gasteiger partial charge >= 0.3 is 5.97 Å². The van der Waals surface area contributed by atoms with Crippen molar-refractivity contribution >= 4 is 5.97 Å². The van der Waals surface area contributed by atoms with E-state index in [0.29, 0.717) is 39.6 Å². The summed E-state index contributed by atoms with van der Waals surface area (Å²) in [7, 11) is 0. The van der Waals surface area contributed by atoms with E-state index >= 15 is 0 Å². The maximum absolute atomic E-state index is 12.3. The smallest absolute Gasteiger partial charge is 0.333 e. The molecule has 0 aromatic heterocycles. The first-order valence-corrected chi connectivity index (χ1v) is 13.9. The van der Waals surface area contributed by atoms with Gasteiger partial charge in [0.25, 0.3) is 0 Å². The normalized spacial score (nSPS) is 28.4. The molecule has 12 nitrogen and oxygen atoms in total. The molecule has 4 unspecified atom stereocenters. The predicted octanol–water partition coefficient (Wildman–Crippen LogP) is 2.36. The van der Waals surface area contributed by atoms with Crippen LogP contribution in [0.5, 0.6) is 0 Å². The monoisotopic (exact) mass is 576 g/mol. The van der Waals surface area contributed by atoms with Crippen LogP contribution in [0.25, 0.3) is 0 Å². The summed E-state index contributed by atoms with van der Waals surface area (Å²) in [4.78, 5) is 12.3. The molecule has 0 aromatic carbocycles. The summed E-state index contributed by atoms with van der Waals surface area (Å²) in [6.07, 6.45) is -1.69. The van der Waals surface area contributed by atoms with Crippen molar-refractivity contribution in [3.63, 3.8) is 0 Å². The fourth-order valence-electron chi connectivity index (χ4n) is 4.28. The second-order valence-corrected chi connectivity index (χ2v) is 11.7. The second kappa shape index (κ2) is 14.8. The number of hydrogen-bond donors (Lipinski definition) is 0. The summed E-state index contributed by atoms with van der Waals surface area (Å²) in [6, 6.07) is 0. The van der Waals surface area contributed by atoms with Crippen LogP contribution in [0.1, 0.15) is 48.5 Å². The topological polar surface area (TPSA) is 119 Å². The molecule has 3 aliphatic rings. The van der Waals surface area contributed by atoms with Gasteiger partial charge in [-0.15, -0.1) is 0 Å². The van der Waals surface area contributed by atoms with Gasteiger partial charge in [-0.2, -0.15) is 0 Å². The average molecular weight is 577 g/mol. The van der Waals surface area contributed by atoms with Crippen molar-refractivity contribution in [2.45, 2.75) is 96.3 Å². The highest BCUT2D eigenvalue weighted by Crippen LogP contribution is 2.24. The van der Waals surface area contributed by atoms with Gasteiger partial charge in [0, 0.05) is 5.57 Å². The molecule has 3 rings (SSSR count). The van der Waals surface area contributed by atoms with Crippen molar-refractivity contribution in [2.75, 3.05) is 66.1 Å². The van der Waals surface area contributed by atoms with Gasteiger partial charge in [-0.25, -0.2) is 4.79 Å². The van der Waals surface area contributed by atoms with Crippen molar-refractivity contribution in [2.24, 2.45) is 0 Å². The van der Waals surface area contributed by atoms with E-state index in [-0.39, 0.29) is 50.3 Å². The summed E-state index contributed by atoms with van der Waals surface area (Å²) in [5.41, 5.74) is 0.283. The van der Waals surface area contributed by atoms with Gasteiger partial charge < -0.3 is 52.1 Å². The minimum absolute atomic E-state index is 0.0655. The first-order valence-electron chi connectivity index (χ1n) is 13.9. The summed E-state index contributed by atoms with van der Waals surface area (Å²) >= 11 is 0. The van der Waals surface area contributed by atoms with E-state index in [1.807, 2.05) is 41.5 Å². The molecule has 4 atom stereocenters. The zero-order valence-corrected chi connectivity index (χ0v) is 25.1. The zero-order chi connectivity index (χ0) is 29.4. The Morgan fingerprint density at radius 3 is 1.40 bits per heavy atom. The second-order valence-electron chi connectivity index (χ2n) is 11.7. The summed E-state index contributed by atoms with van der Waals surface area (Å²) in [6.45, 7) is 19.4. The van der Waals surface area contributed by atoms with Crippen LogP contribution in [0.4, 0.5) is 0 Å². The fourth-order valence-corrected chi connectivity index (χ4v) is 4.28. The van der Waals surface area contributed by atoms with E-state index in [1.54, 1.807) is 6.92 Å². The molecule has 3 heterocycles. The molecule has 40 heavy (non-hydrogen) atoms. The van der Waals surface area contributed by atoms with Gasteiger partial charge in [0.1, 0.15) is 30.5 Å². The van der Waals surface area contributed by atoms with Crippen molar-refractivity contribution in [1.82, 2.24) is 0 Å². The number of carbonyl (C=O) groups is 1. The third-order valence-electron chi connectivity index (χ3n) is 6.16. The molecule has 3 aliphatic heterocycles. The molecule has 0 bridgehead atoms. The number of hydrogen-bond acceptors (Lipinski definition) is 12. The highest BCUT2D eigenvalue weighted by molar-refractivity contribution is 5.87. The Balaban J connectivity index is 1.50. The zero-order valence-electron chi connectivity index (χ0n) is 25.1. The maximum Gasteiger partial charge on any atom is 0.333 e. The van der Waals surface area contributed by atoms with Gasteiger partial charge in [-0.05, 0) is 48.5 Å². The van der Waals surface area contributed by atoms with Crippen molar-refractivity contribution in [1.29, 1.82) is 0 Å². The fraction of sp³-hybridized carbons (Fsp3) is 0.893. The van der Waals surface area contributed by atoms with Crippen molar-refractivity contribution in [3.05, 3.63) is 12.2 Å². The summed E-state index contributed by atoms with van der Waals surface area (Å²) < 4.78 is 63.5. The average Bonchev–Trinajstić information content (AvgIpc) is 3.51. The summed E-state index contributed by atoms with van der Waals surface area (Å²) in [5, 5.41) is 0. The molecule has 232 valence electrons. The quantitative estimate of drug-likeness (QED) is 0.187. The van der Waals surface area contributed by atoms with Gasteiger partial charge in [-0.1, -0.05) is 6.58 Å². The molecule has 3 saturated heterocycles. The summed E-state index contributed by atoms with van der Waals surface area (Å²) in [5.74, 6) is -2.43. The molecule has 3 fully saturated rings. The van der Waals surface area contributed by atoms with Crippen LogP contribution in [0.3, 0.4) is 0 Å². The molecule has 0 spiro atoms. The van der Waals surface area contributed by atoms with Crippen LogP contribution in [0.2, 0.25) is 0 Å². The lowest BCUT2D eigenvalue weighted by atomic mass is 10.3. The van der Waals surface area contributed by atoms with Crippen LogP contribution in [0.15, 0.2) is 12.2 Å². The number of ether oxygens (including phenoxy) is 11. The first kappa shape index (κ1) is 33.3. The largest absolute Gasteiger partial charge is 0.454 e. The first-order chi connectivity index (χ1) is 18.7. The molecule has 12 heteroatoms. The Bertz CT molecular complexity index is 781. The predicted molar refractivity (Wildman–Crippen MR) is 142 cm³/mol. The van der Waals surface area contributed by atoms with Gasteiger partial charge in [0.15, 0.2) is 17.4 Å². The molecular formula is C28H48O12. The molecule has 0 N–H and O–H groups in total. The van der Waals surface area contributed by atoms with Crippen LogP contribution in [0, 0.1) is 0 Å². The Morgan fingerprint density at radius 2 is 1.07 bits per heavy atom. The Hall–Kier alpha value is -1.19. The van der Waals surface area contributed by atoms with Crippen LogP contribution >= 0.6 is 0 Å². The number of esters is 1. The Labute approximate surface area is 237 Å². The van der Waals surface area contributed by atoms with E-state index in [4.69, 9.17) is 52.1 Å². The molecule has 0 amide bonds. The van der Waals surface area contributed by atoms with Gasteiger partial charge in [0.2, 0.25) is 0 Å². The van der Waals surface area contributed by atoms with E-state index in [2.05, 4.69) is 6.58 Å². The molecular weight excluding hydrogens is 528 g/mol. The Morgan fingerprint density at radius 1 is 0.700 bits per heavy atom. The lowest BCUT2D eigenvalue weighted by molar-refractivity contribution is -0.164. The third-order valence-corrected chi connectivity index (χ3v) is 6.16. The van der Waals surface area contributed by atoms with Gasteiger partial charge in [0.05, 0.1) is 66.1 Å². The molecule has 0 aromatic rings. The van der Waals surface area contributed by atoms with E-state index in [9.17, 15) is 4.79 Å². The molecule has 0 radical (unpaired) electrons. The third kappa shape index (κ3) is 12.0.